The van der Waals surface area contributed by atoms with Gasteiger partial charge in [-0.15, -0.1) is 0 Å². The van der Waals surface area contributed by atoms with Crippen molar-refractivity contribution in [1.29, 1.82) is 5.26 Å². The van der Waals surface area contributed by atoms with Gasteiger partial charge in [0.2, 0.25) is 0 Å². The van der Waals surface area contributed by atoms with Crippen LogP contribution in [0.25, 0.3) is 0 Å². The van der Waals surface area contributed by atoms with Crippen LogP contribution in [-0.4, -0.2) is 13.1 Å². The van der Waals surface area contributed by atoms with Gasteiger partial charge in [-0.25, -0.2) is 0 Å². The van der Waals surface area contributed by atoms with E-state index in [2.05, 4.69) is 46.0 Å². The second kappa shape index (κ2) is 6.24. The summed E-state index contributed by atoms with van der Waals surface area (Å²) in [6.07, 6.45) is 5.26. The first-order chi connectivity index (χ1) is 8.74. The number of halogens is 1. The van der Waals surface area contributed by atoms with Gasteiger partial charge < -0.3 is 4.90 Å². The van der Waals surface area contributed by atoms with E-state index in [9.17, 15) is 0 Å². The smallest absolute Gasteiger partial charge is 0.100 e. The van der Waals surface area contributed by atoms with Gasteiger partial charge in [0.05, 0.1) is 5.56 Å². The lowest BCUT2D eigenvalue weighted by Crippen LogP contribution is -2.33. The standard InChI is InChI=1S/C15H19BrN2/c1-2-3-12-6-8-18(9-7-12)14-5-4-13(11-17)15(16)10-14/h4-5,10,12H,2-3,6-9H2,1H3. The van der Waals surface area contributed by atoms with Crippen LogP contribution in [0.4, 0.5) is 5.69 Å². The van der Waals surface area contributed by atoms with Gasteiger partial charge in [0, 0.05) is 23.2 Å². The fraction of sp³-hybridized carbons (Fsp3) is 0.533. The van der Waals surface area contributed by atoms with Gasteiger partial charge in [-0.2, -0.15) is 5.26 Å². The number of nitrogens with zero attached hydrogens (tertiary/aromatic N) is 2. The van der Waals surface area contributed by atoms with Crippen molar-refractivity contribution in [3.8, 4) is 6.07 Å². The van der Waals surface area contributed by atoms with E-state index in [0.29, 0.717) is 5.56 Å². The summed E-state index contributed by atoms with van der Waals surface area (Å²) in [6, 6.07) is 8.21. The van der Waals surface area contributed by atoms with Gasteiger partial charge in [-0.05, 0) is 52.9 Å². The Balaban J connectivity index is 2.02. The van der Waals surface area contributed by atoms with Gasteiger partial charge in [-0.1, -0.05) is 19.8 Å². The summed E-state index contributed by atoms with van der Waals surface area (Å²) >= 11 is 3.46. The fourth-order valence-electron chi connectivity index (χ4n) is 2.68. The highest BCUT2D eigenvalue weighted by molar-refractivity contribution is 9.10. The summed E-state index contributed by atoms with van der Waals surface area (Å²) in [4.78, 5) is 2.43. The van der Waals surface area contributed by atoms with Crippen molar-refractivity contribution in [2.24, 2.45) is 5.92 Å². The van der Waals surface area contributed by atoms with Crippen molar-refractivity contribution in [3.63, 3.8) is 0 Å². The maximum absolute atomic E-state index is 8.92. The molecule has 0 spiro atoms. The molecule has 1 aliphatic rings. The monoisotopic (exact) mass is 306 g/mol. The van der Waals surface area contributed by atoms with Gasteiger partial charge in [0.1, 0.15) is 6.07 Å². The highest BCUT2D eigenvalue weighted by Gasteiger charge is 2.19. The van der Waals surface area contributed by atoms with Crippen molar-refractivity contribution in [3.05, 3.63) is 28.2 Å². The molecule has 0 bridgehead atoms. The zero-order valence-electron chi connectivity index (χ0n) is 10.8. The Kier molecular flexibility index (Phi) is 4.66. The summed E-state index contributed by atoms with van der Waals surface area (Å²) in [5.41, 5.74) is 1.94. The van der Waals surface area contributed by atoms with E-state index in [1.807, 2.05) is 6.07 Å². The largest absolute Gasteiger partial charge is 0.371 e. The molecule has 1 heterocycles. The highest BCUT2D eigenvalue weighted by Crippen LogP contribution is 2.28. The second-order valence-electron chi connectivity index (χ2n) is 5.00. The van der Waals surface area contributed by atoms with Crippen LogP contribution in [0.1, 0.15) is 38.2 Å². The van der Waals surface area contributed by atoms with Gasteiger partial charge in [0.15, 0.2) is 0 Å². The van der Waals surface area contributed by atoms with Crippen LogP contribution in [0, 0.1) is 17.2 Å². The third-order valence-electron chi connectivity index (χ3n) is 3.75. The van der Waals surface area contributed by atoms with Crippen molar-refractivity contribution in [2.75, 3.05) is 18.0 Å². The van der Waals surface area contributed by atoms with Crippen LogP contribution in [-0.2, 0) is 0 Å². The number of piperidine rings is 1. The van der Waals surface area contributed by atoms with Crippen LogP contribution in [0.5, 0.6) is 0 Å². The van der Waals surface area contributed by atoms with E-state index in [-0.39, 0.29) is 0 Å². The molecular weight excluding hydrogens is 288 g/mol. The normalized spacial score (nSPS) is 16.6. The Hall–Kier alpha value is -1.01. The van der Waals surface area contributed by atoms with Gasteiger partial charge in [0.25, 0.3) is 0 Å². The van der Waals surface area contributed by atoms with E-state index in [4.69, 9.17) is 5.26 Å². The lowest BCUT2D eigenvalue weighted by Gasteiger charge is -2.33. The topological polar surface area (TPSA) is 27.0 Å². The van der Waals surface area contributed by atoms with Crippen LogP contribution in [0.3, 0.4) is 0 Å². The van der Waals surface area contributed by atoms with Crippen LogP contribution < -0.4 is 4.90 Å². The number of hydrogen-bond donors (Lipinski definition) is 0. The van der Waals surface area contributed by atoms with Gasteiger partial charge >= 0.3 is 0 Å². The minimum atomic E-state index is 0.708. The Morgan fingerprint density at radius 1 is 1.39 bits per heavy atom. The van der Waals surface area contributed by atoms with E-state index in [0.717, 1.165) is 23.5 Å². The second-order valence-corrected chi connectivity index (χ2v) is 5.85. The number of benzene rings is 1. The first-order valence-electron chi connectivity index (χ1n) is 6.69. The maximum Gasteiger partial charge on any atom is 0.100 e. The summed E-state index contributed by atoms with van der Waals surface area (Å²) < 4.78 is 0.901. The molecule has 3 heteroatoms. The predicted molar refractivity (Wildman–Crippen MR) is 78.7 cm³/mol. The zero-order valence-corrected chi connectivity index (χ0v) is 12.4. The molecule has 0 N–H and O–H groups in total. The maximum atomic E-state index is 8.92. The van der Waals surface area contributed by atoms with Crippen LogP contribution >= 0.6 is 15.9 Å². The highest BCUT2D eigenvalue weighted by atomic mass is 79.9. The number of nitriles is 1. The molecule has 96 valence electrons. The summed E-state index contributed by atoms with van der Waals surface area (Å²) in [5, 5.41) is 8.92. The number of hydrogen-bond acceptors (Lipinski definition) is 2. The summed E-state index contributed by atoms with van der Waals surface area (Å²) in [5.74, 6) is 0.910. The number of anilines is 1. The summed E-state index contributed by atoms with van der Waals surface area (Å²) in [7, 11) is 0. The Morgan fingerprint density at radius 2 is 2.11 bits per heavy atom. The van der Waals surface area contributed by atoms with E-state index < -0.39 is 0 Å². The molecule has 1 aromatic rings. The molecule has 1 saturated heterocycles. The van der Waals surface area contributed by atoms with Crippen molar-refractivity contribution in [1.82, 2.24) is 0 Å². The Bertz CT molecular complexity index is 442. The third-order valence-corrected chi connectivity index (χ3v) is 4.41. The molecular formula is C15H19BrN2. The van der Waals surface area contributed by atoms with Crippen molar-refractivity contribution >= 4 is 21.6 Å². The van der Waals surface area contributed by atoms with E-state index in [1.165, 1.54) is 31.4 Å². The predicted octanol–water partition coefficient (Wildman–Crippen LogP) is 4.34. The Labute approximate surface area is 118 Å². The van der Waals surface area contributed by atoms with Gasteiger partial charge in [-0.3, -0.25) is 0 Å². The average Bonchev–Trinajstić information content (AvgIpc) is 2.40. The van der Waals surface area contributed by atoms with Crippen molar-refractivity contribution in [2.45, 2.75) is 32.6 Å². The molecule has 1 aliphatic heterocycles. The van der Waals surface area contributed by atoms with E-state index in [1.54, 1.807) is 0 Å². The van der Waals surface area contributed by atoms with Crippen LogP contribution in [0.2, 0.25) is 0 Å². The molecule has 18 heavy (non-hydrogen) atoms. The lowest BCUT2D eigenvalue weighted by molar-refractivity contribution is 0.378. The molecule has 1 fully saturated rings. The van der Waals surface area contributed by atoms with E-state index >= 15 is 0 Å². The first-order valence-corrected chi connectivity index (χ1v) is 7.48. The fourth-order valence-corrected chi connectivity index (χ4v) is 3.13. The minimum Gasteiger partial charge on any atom is -0.371 e. The lowest BCUT2D eigenvalue weighted by atomic mass is 9.92. The first kappa shape index (κ1) is 13.4. The molecule has 1 aromatic carbocycles. The third kappa shape index (κ3) is 3.05. The molecule has 0 saturated carbocycles. The molecule has 0 unspecified atom stereocenters. The molecule has 2 rings (SSSR count). The molecule has 0 aromatic heterocycles. The molecule has 0 aliphatic carbocycles. The molecule has 0 atom stereocenters. The molecule has 0 radical (unpaired) electrons. The molecule has 0 amide bonds. The number of rotatable bonds is 3. The quantitative estimate of drug-likeness (QED) is 0.830. The minimum absolute atomic E-state index is 0.708. The van der Waals surface area contributed by atoms with Crippen molar-refractivity contribution < 1.29 is 0 Å². The average molecular weight is 307 g/mol. The Morgan fingerprint density at radius 3 is 2.67 bits per heavy atom. The summed E-state index contributed by atoms with van der Waals surface area (Å²) in [6.45, 7) is 4.55. The molecule has 2 nitrogen and oxygen atoms in total. The zero-order chi connectivity index (χ0) is 13.0. The van der Waals surface area contributed by atoms with Crippen LogP contribution in [0.15, 0.2) is 22.7 Å². The SMILES string of the molecule is CCCC1CCN(c2ccc(C#N)c(Br)c2)CC1.